The van der Waals surface area contributed by atoms with Crippen molar-refractivity contribution in [2.45, 2.75) is 45.7 Å². The Balaban J connectivity index is 1.99. The third-order valence-electron chi connectivity index (χ3n) is 4.33. The van der Waals surface area contributed by atoms with E-state index in [1.807, 2.05) is 6.07 Å². The van der Waals surface area contributed by atoms with E-state index in [-0.39, 0.29) is 11.9 Å². The molecule has 1 N–H and O–H groups in total. The molecule has 118 valence electrons. The minimum atomic E-state index is -0.270. The standard InChI is InChI=1S/C17H26ClFN2/c1-12(2)20-10-14-5-4-8-21(11-14)13(3)16-7-6-15(19)9-17(16)18/h6-7,9,12-14,20H,4-5,8,10-11H2,1-3H3. The lowest BCUT2D eigenvalue weighted by Crippen LogP contribution is -2.42. The van der Waals surface area contributed by atoms with Crippen molar-refractivity contribution >= 4 is 11.6 Å². The molecular weight excluding hydrogens is 287 g/mol. The number of hydrogen-bond acceptors (Lipinski definition) is 2. The zero-order valence-corrected chi connectivity index (χ0v) is 14.0. The summed E-state index contributed by atoms with van der Waals surface area (Å²) in [7, 11) is 0. The summed E-state index contributed by atoms with van der Waals surface area (Å²) in [6.45, 7) is 9.76. The van der Waals surface area contributed by atoms with Gasteiger partial charge in [-0.2, -0.15) is 0 Å². The normalized spacial score (nSPS) is 21.7. The van der Waals surface area contributed by atoms with E-state index in [0.29, 0.717) is 17.0 Å². The molecule has 2 nitrogen and oxygen atoms in total. The first-order valence-corrected chi connectivity index (χ1v) is 8.27. The van der Waals surface area contributed by atoms with E-state index in [0.717, 1.165) is 25.2 Å². The van der Waals surface area contributed by atoms with Gasteiger partial charge in [0.15, 0.2) is 0 Å². The van der Waals surface area contributed by atoms with Crippen LogP contribution in [0.4, 0.5) is 4.39 Å². The lowest BCUT2D eigenvalue weighted by molar-refractivity contribution is 0.129. The van der Waals surface area contributed by atoms with Crippen LogP contribution in [0, 0.1) is 11.7 Å². The molecule has 2 rings (SSSR count). The second kappa shape index (κ2) is 7.57. The zero-order chi connectivity index (χ0) is 15.4. The Morgan fingerprint density at radius 2 is 2.14 bits per heavy atom. The van der Waals surface area contributed by atoms with Crippen LogP contribution < -0.4 is 5.32 Å². The van der Waals surface area contributed by atoms with E-state index in [2.05, 4.69) is 31.0 Å². The molecule has 2 atom stereocenters. The molecule has 2 unspecified atom stereocenters. The molecule has 0 aromatic heterocycles. The maximum atomic E-state index is 13.2. The third kappa shape index (κ3) is 4.67. The molecular formula is C17H26ClFN2. The van der Waals surface area contributed by atoms with Crippen molar-refractivity contribution in [3.05, 3.63) is 34.6 Å². The predicted molar refractivity (Wildman–Crippen MR) is 87.3 cm³/mol. The van der Waals surface area contributed by atoms with Gasteiger partial charge in [-0.05, 0) is 56.5 Å². The number of halogens is 2. The molecule has 1 aliphatic heterocycles. The first kappa shape index (κ1) is 16.7. The molecule has 1 aliphatic rings. The highest BCUT2D eigenvalue weighted by Crippen LogP contribution is 2.31. The van der Waals surface area contributed by atoms with Crippen LogP contribution in [0.2, 0.25) is 5.02 Å². The first-order chi connectivity index (χ1) is 9.97. The molecule has 0 spiro atoms. The van der Waals surface area contributed by atoms with Crippen molar-refractivity contribution in [2.24, 2.45) is 5.92 Å². The van der Waals surface area contributed by atoms with Crippen molar-refractivity contribution in [3.63, 3.8) is 0 Å². The summed E-state index contributed by atoms with van der Waals surface area (Å²) in [5, 5.41) is 4.06. The van der Waals surface area contributed by atoms with Crippen LogP contribution in [0.25, 0.3) is 0 Å². The Morgan fingerprint density at radius 1 is 1.38 bits per heavy atom. The van der Waals surface area contributed by atoms with E-state index in [9.17, 15) is 4.39 Å². The topological polar surface area (TPSA) is 15.3 Å². The van der Waals surface area contributed by atoms with Gasteiger partial charge in [0.25, 0.3) is 0 Å². The number of piperidine rings is 1. The lowest BCUT2D eigenvalue weighted by Gasteiger charge is -2.37. The number of hydrogen-bond donors (Lipinski definition) is 1. The van der Waals surface area contributed by atoms with Crippen LogP contribution in [0.5, 0.6) is 0 Å². The maximum Gasteiger partial charge on any atom is 0.124 e. The number of nitrogens with one attached hydrogen (secondary N) is 1. The number of benzene rings is 1. The SMILES string of the molecule is CC(C)NCC1CCCN(C(C)c2ccc(F)cc2Cl)C1. The van der Waals surface area contributed by atoms with Crippen LogP contribution >= 0.6 is 11.6 Å². The molecule has 0 amide bonds. The Hall–Kier alpha value is -0.640. The smallest absolute Gasteiger partial charge is 0.124 e. The number of rotatable bonds is 5. The third-order valence-corrected chi connectivity index (χ3v) is 4.65. The molecule has 0 saturated carbocycles. The molecule has 0 radical (unpaired) electrons. The molecule has 1 aromatic rings. The van der Waals surface area contributed by atoms with Crippen molar-refractivity contribution in [1.29, 1.82) is 0 Å². The maximum absolute atomic E-state index is 13.2. The zero-order valence-electron chi connectivity index (χ0n) is 13.2. The largest absolute Gasteiger partial charge is 0.314 e. The van der Waals surface area contributed by atoms with E-state index in [1.165, 1.54) is 25.0 Å². The van der Waals surface area contributed by atoms with Gasteiger partial charge in [-0.25, -0.2) is 4.39 Å². The highest BCUT2D eigenvalue weighted by molar-refractivity contribution is 6.31. The fraction of sp³-hybridized carbons (Fsp3) is 0.647. The van der Waals surface area contributed by atoms with Gasteiger partial charge in [-0.15, -0.1) is 0 Å². The van der Waals surface area contributed by atoms with Gasteiger partial charge >= 0.3 is 0 Å². The van der Waals surface area contributed by atoms with Gasteiger partial charge in [-0.1, -0.05) is 31.5 Å². The van der Waals surface area contributed by atoms with Gasteiger partial charge in [0.1, 0.15) is 5.82 Å². The van der Waals surface area contributed by atoms with Gasteiger partial charge in [0.05, 0.1) is 0 Å². The fourth-order valence-electron chi connectivity index (χ4n) is 3.06. The summed E-state index contributed by atoms with van der Waals surface area (Å²) in [5.41, 5.74) is 1.02. The molecule has 1 saturated heterocycles. The summed E-state index contributed by atoms with van der Waals surface area (Å²) in [5.74, 6) is 0.413. The Labute approximate surface area is 132 Å². The van der Waals surface area contributed by atoms with Crippen LogP contribution in [0.3, 0.4) is 0 Å². The summed E-state index contributed by atoms with van der Waals surface area (Å²) in [4.78, 5) is 2.47. The number of likely N-dealkylation sites (tertiary alicyclic amines) is 1. The molecule has 1 fully saturated rings. The predicted octanol–water partition coefficient (Wildman–Crippen LogP) is 4.25. The van der Waals surface area contributed by atoms with E-state index in [1.54, 1.807) is 0 Å². The molecule has 1 aromatic carbocycles. The first-order valence-electron chi connectivity index (χ1n) is 7.89. The van der Waals surface area contributed by atoms with Crippen LogP contribution in [-0.4, -0.2) is 30.6 Å². The van der Waals surface area contributed by atoms with Gasteiger partial charge in [-0.3, -0.25) is 4.90 Å². The molecule has 0 aliphatic carbocycles. The van der Waals surface area contributed by atoms with E-state index in [4.69, 9.17) is 11.6 Å². The quantitative estimate of drug-likeness (QED) is 0.874. The van der Waals surface area contributed by atoms with Crippen LogP contribution in [0.15, 0.2) is 18.2 Å². The fourth-order valence-corrected chi connectivity index (χ4v) is 3.38. The average molecular weight is 313 g/mol. The van der Waals surface area contributed by atoms with Gasteiger partial charge in [0, 0.05) is 23.7 Å². The average Bonchev–Trinajstić information content (AvgIpc) is 2.45. The minimum absolute atomic E-state index is 0.236. The molecule has 4 heteroatoms. The highest BCUT2D eigenvalue weighted by atomic mass is 35.5. The van der Waals surface area contributed by atoms with Crippen molar-refractivity contribution < 1.29 is 4.39 Å². The molecule has 21 heavy (non-hydrogen) atoms. The Bertz CT molecular complexity index is 464. The second-order valence-corrected chi connectivity index (χ2v) is 6.82. The van der Waals surface area contributed by atoms with Crippen LogP contribution in [-0.2, 0) is 0 Å². The minimum Gasteiger partial charge on any atom is -0.314 e. The van der Waals surface area contributed by atoms with Crippen LogP contribution in [0.1, 0.15) is 45.2 Å². The summed E-state index contributed by atoms with van der Waals surface area (Å²) in [6, 6.07) is 5.50. The summed E-state index contributed by atoms with van der Waals surface area (Å²) < 4.78 is 13.2. The highest BCUT2D eigenvalue weighted by Gasteiger charge is 2.25. The van der Waals surface area contributed by atoms with Crippen molar-refractivity contribution in [3.8, 4) is 0 Å². The molecule has 0 bridgehead atoms. The van der Waals surface area contributed by atoms with Crippen molar-refractivity contribution in [1.82, 2.24) is 10.2 Å². The van der Waals surface area contributed by atoms with E-state index < -0.39 is 0 Å². The summed E-state index contributed by atoms with van der Waals surface area (Å²) in [6.07, 6.45) is 2.49. The monoisotopic (exact) mass is 312 g/mol. The van der Waals surface area contributed by atoms with E-state index >= 15 is 0 Å². The lowest BCUT2D eigenvalue weighted by atomic mass is 9.95. The Morgan fingerprint density at radius 3 is 2.81 bits per heavy atom. The second-order valence-electron chi connectivity index (χ2n) is 6.41. The van der Waals surface area contributed by atoms with Gasteiger partial charge < -0.3 is 5.32 Å². The molecule has 1 heterocycles. The summed E-state index contributed by atoms with van der Waals surface area (Å²) >= 11 is 6.20. The Kier molecular flexibility index (Phi) is 6.03. The number of nitrogens with zero attached hydrogens (tertiary/aromatic N) is 1. The van der Waals surface area contributed by atoms with Crippen molar-refractivity contribution in [2.75, 3.05) is 19.6 Å². The van der Waals surface area contributed by atoms with Gasteiger partial charge in [0.2, 0.25) is 0 Å².